The number of benzene rings is 1. The lowest BCUT2D eigenvalue weighted by Gasteiger charge is -2.05. The summed E-state index contributed by atoms with van der Waals surface area (Å²) in [6, 6.07) is 4.44. The van der Waals surface area contributed by atoms with Gasteiger partial charge in [-0.3, -0.25) is 9.89 Å². The number of anilines is 1. The number of nitrogens with one attached hydrogen (secondary N) is 2. The number of carbonyl (C=O) groups excluding carboxylic acids is 1. The average molecular weight is 351 g/mol. The molecule has 21 heavy (non-hydrogen) atoms. The van der Waals surface area contributed by atoms with Crippen molar-refractivity contribution in [1.82, 2.24) is 15.2 Å². The van der Waals surface area contributed by atoms with Crippen LogP contribution in [0.3, 0.4) is 0 Å². The molecular formula is C13H11BrN4O3. The predicted octanol–water partition coefficient (Wildman–Crippen LogP) is 2.40. The summed E-state index contributed by atoms with van der Waals surface area (Å²) in [7, 11) is 0. The van der Waals surface area contributed by atoms with Gasteiger partial charge < -0.3 is 10.4 Å². The summed E-state index contributed by atoms with van der Waals surface area (Å²) in [5.74, 6) is -0.397. The summed E-state index contributed by atoms with van der Waals surface area (Å²) in [4.78, 5) is 27.2. The summed E-state index contributed by atoms with van der Waals surface area (Å²) in [5, 5.41) is 18.2. The van der Waals surface area contributed by atoms with Gasteiger partial charge in [0.2, 0.25) is 5.82 Å². The summed E-state index contributed by atoms with van der Waals surface area (Å²) < 4.78 is 0.561. The van der Waals surface area contributed by atoms with Crippen molar-refractivity contribution >= 4 is 33.5 Å². The molecule has 0 atom stereocenters. The number of aromatic carboxylic acids is 1. The van der Waals surface area contributed by atoms with Gasteiger partial charge in [-0.25, -0.2) is 9.78 Å². The molecule has 8 heteroatoms. The molecule has 0 bridgehead atoms. The molecule has 1 aliphatic carbocycles. The van der Waals surface area contributed by atoms with Crippen LogP contribution in [0.15, 0.2) is 22.7 Å². The lowest BCUT2D eigenvalue weighted by molar-refractivity contribution is 0.0696. The third kappa shape index (κ3) is 3.10. The largest absolute Gasteiger partial charge is 0.478 e. The lowest BCUT2D eigenvalue weighted by Crippen LogP contribution is -2.14. The van der Waals surface area contributed by atoms with E-state index in [1.165, 1.54) is 12.1 Å². The van der Waals surface area contributed by atoms with E-state index in [9.17, 15) is 9.59 Å². The number of carboxylic acids is 1. The number of hydrogen-bond acceptors (Lipinski definition) is 4. The van der Waals surface area contributed by atoms with Crippen molar-refractivity contribution in [2.24, 2.45) is 0 Å². The molecule has 1 amide bonds. The highest BCUT2D eigenvalue weighted by Crippen LogP contribution is 2.37. The minimum Gasteiger partial charge on any atom is -0.478 e. The van der Waals surface area contributed by atoms with E-state index in [2.05, 4.69) is 36.4 Å². The Labute approximate surface area is 127 Å². The van der Waals surface area contributed by atoms with Gasteiger partial charge in [-0.2, -0.15) is 0 Å². The Bertz CT molecular complexity index is 724. The van der Waals surface area contributed by atoms with E-state index in [0.717, 1.165) is 18.7 Å². The Kier molecular flexibility index (Phi) is 3.46. The number of halogens is 1. The molecular weight excluding hydrogens is 340 g/mol. The third-order valence-corrected chi connectivity index (χ3v) is 3.53. The highest BCUT2D eigenvalue weighted by Gasteiger charge is 2.28. The minimum absolute atomic E-state index is 0.0498. The number of nitrogens with zero attached hydrogens (tertiary/aromatic N) is 2. The Morgan fingerprint density at radius 1 is 1.33 bits per heavy atom. The fourth-order valence-electron chi connectivity index (χ4n) is 1.89. The highest BCUT2D eigenvalue weighted by molar-refractivity contribution is 9.10. The van der Waals surface area contributed by atoms with E-state index < -0.39 is 11.9 Å². The van der Waals surface area contributed by atoms with Crippen LogP contribution in [0.5, 0.6) is 0 Å². The van der Waals surface area contributed by atoms with Crippen LogP contribution in [0.25, 0.3) is 0 Å². The van der Waals surface area contributed by atoms with Gasteiger partial charge in [-0.1, -0.05) is 15.9 Å². The standard InChI is InChI=1S/C13H11BrN4O3/c14-8-3-7(13(20)21)4-9(5-8)15-12(19)11-16-10(17-18-11)6-1-2-6/h3-6H,1-2H2,(H,15,19)(H,20,21)(H,16,17,18). The smallest absolute Gasteiger partial charge is 0.335 e. The molecule has 1 aromatic heterocycles. The number of carbonyl (C=O) groups is 2. The van der Waals surface area contributed by atoms with Crippen molar-refractivity contribution in [3.63, 3.8) is 0 Å². The zero-order valence-electron chi connectivity index (χ0n) is 10.8. The molecule has 3 N–H and O–H groups in total. The van der Waals surface area contributed by atoms with Crippen molar-refractivity contribution < 1.29 is 14.7 Å². The zero-order chi connectivity index (χ0) is 15.0. The molecule has 1 aromatic carbocycles. The van der Waals surface area contributed by atoms with Crippen molar-refractivity contribution in [2.75, 3.05) is 5.32 Å². The van der Waals surface area contributed by atoms with Gasteiger partial charge in [0.05, 0.1) is 5.56 Å². The number of H-pyrrole nitrogens is 1. The highest BCUT2D eigenvalue weighted by atomic mass is 79.9. The normalized spacial score (nSPS) is 14.0. The first-order chi connectivity index (χ1) is 10.0. The maximum atomic E-state index is 12.0. The molecule has 1 fully saturated rings. The Hall–Kier alpha value is -2.22. The molecule has 1 heterocycles. The first kappa shape index (κ1) is 13.7. The summed E-state index contributed by atoms with van der Waals surface area (Å²) in [5.41, 5.74) is 0.442. The number of hydrogen-bond donors (Lipinski definition) is 3. The predicted molar refractivity (Wildman–Crippen MR) is 77.4 cm³/mol. The summed E-state index contributed by atoms with van der Waals surface area (Å²) >= 11 is 3.21. The number of aromatic nitrogens is 3. The van der Waals surface area contributed by atoms with E-state index in [1.807, 2.05) is 0 Å². The molecule has 0 spiro atoms. The van der Waals surface area contributed by atoms with Gasteiger partial charge in [0, 0.05) is 16.1 Å². The molecule has 1 saturated carbocycles. The van der Waals surface area contributed by atoms with Gasteiger partial charge in [-0.15, -0.1) is 5.10 Å². The van der Waals surface area contributed by atoms with Crippen LogP contribution in [-0.4, -0.2) is 32.2 Å². The van der Waals surface area contributed by atoms with Crippen LogP contribution in [0.2, 0.25) is 0 Å². The van der Waals surface area contributed by atoms with Gasteiger partial charge in [0.15, 0.2) is 0 Å². The van der Waals surface area contributed by atoms with E-state index in [4.69, 9.17) is 5.11 Å². The topological polar surface area (TPSA) is 108 Å². The fourth-order valence-corrected chi connectivity index (χ4v) is 2.38. The maximum absolute atomic E-state index is 12.0. The van der Waals surface area contributed by atoms with Gasteiger partial charge >= 0.3 is 5.97 Å². The minimum atomic E-state index is -1.07. The van der Waals surface area contributed by atoms with Crippen molar-refractivity contribution in [3.05, 3.63) is 39.9 Å². The third-order valence-electron chi connectivity index (χ3n) is 3.07. The van der Waals surface area contributed by atoms with Crippen molar-refractivity contribution in [1.29, 1.82) is 0 Å². The van der Waals surface area contributed by atoms with Crippen LogP contribution >= 0.6 is 15.9 Å². The quantitative estimate of drug-likeness (QED) is 0.784. The molecule has 3 rings (SSSR count). The fraction of sp³-hybridized carbons (Fsp3) is 0.231. The van der Waals surface area contributed by atoms with Crippen LogP contribution in [0.1, 0.15) is 45.6 Å². The van der Waals surface area contributed by atoms with Crippen LogP contribution < -0.4 is 5.32 Å². The maximum Gasteiger partial charge on any atom is 0.335 e. The van der Waals surface area contributed by atoms with E-state index >= 15 is 0 Å². The van der Waals surface area contributed by atoms with Gasteiger partial charge in [0.25, 0.3) is 5.91 Å². The molecule has 7 nitrogen and oxygen atoms in total. The average Bonchev–Trinajstić information content (AvgIpc) is 3.15. The molecule has 108 valence electrons. The second-order valence-electron chi connectivity index (χ2n) is 4.81. The molecule has 0 unspecified atom stereocenters. The van der Waals surface area contributed by atoms with Crippen molar-refractivity contribution in [3.8, 4) is 0 Å². The number of rotatable bonds is 4. The molecule has 0 saturated heterocycles. The van der Waals surface area contributed by atoms with Gasteiger partial charge in [-0.05, 0) is 31.0 Å². The van der Waals surface area contributed by atoms with E-state index in [1.54, 1.807) is 6.07 Å². The van der Waals surface area contributed by atoms with Gasteiger partial charge in [0.1, 0.15) is 5.82 Å². The van der Waals surface area contributed by atoms with E-state index in [0.29, 0.717) is 16.1 Å². The number of carboxylic acid groups (broad SMARTS) is 1. The Morgan fingerprint density at radius 3 is 2.76 bits per heavy atom. The summed E-state index contributed by atoms with van der Waals surface area (Å²) in [6.45, 7) is 0. The first-order valence-electron chi connectivity index (χ1n) is 6.30. The van der Waals surface area contributed by atoms with Crippen LogP contribution in [0, 0.1) is 0 Å². The molecule has 1 aliphatic rings. The number of amides is 1. The van der Waals surface area contributed by atoms with E-state index in [-0.39, 0.29) is 11.4 Å². The van der Waals surface area contributed by atoms with Crippen LogP contribution in [0.4, 0.5) is 5.69 Å². The lowest BCUT2D eigenvalue weighted by atomic mass is 10.2. The first-order valence-corrected chi connectivity index (χ1v) is 7.10. The van der Waals surface area contributed by atoms with Crippen LogP contribution in [-0.2, 0) is 0 Å². The Balaban J connectivity index is 1.78. The SMILES string of the molecule is O=C(O)c1cc(Br)cc(NC(=O)c2n[nH]c(C3CC3)n2)c1. The molecule has 2 aromatic rings. The Morgan fingerprint density at radius 2 is 2.10 bits per heavy atom. The second-order valence-corrected chi connectivity index (χ2v) is 5.72. The van der Waals surface area contributed by atoms with Crippen molar-refractivity contribution in [2.45, 2.75) is 18.8 Å². The zero-order valence-corrected chi connectivity index (χ0v) is 12.3. The number of aromatic amines is 1. The molecule has 0 radical (unpaired) electrons. The second kappa shape index (κ2) is 5.28. The monoisotopic (exact) mass is 350 g/mol. The molecule has 0 aliphatic heterocycles. The summed E-state index contributed by atoms with van der Waals surface area (Å²) in [6.07, 6.45) is 2.12.